The van der Waals surface area contributed by atoms with Crippen molar-refractivity contribution in [2.45, 2.75) is 71.2 Å². The molecule has 0 aliphatic carbocycles. The summed E-state index contributed by atoms with van der Waals surface area (Å²) in [5, 5.41) is 9.88. The Morgan fingerprint density at radius 2 is 1.79 bits per heavy atom. The Bertz CT molecular complexity index is 768. The highest BCUT2D eigenvalue weighted by molar-refractivity contribution is 14.1. The van der Waals surface area contributed by atoms with E-state index in [0.717, 1.165) is 42.4 Å². The predicted octanol–water partition coefficient (Wildman–Crippen LogP) is 6.54. The van der Waals surface area contributed by atoms with Crippen molar-refractivity contribution in [1.29, 1.82) is 0 Å². The average molecular weight is 509 g/mol. The second kappa shape index (κ2) is 12.5. The molecule has 2 nitrogen and oxygen atoms in total. The zero-order valence-electron chi connectivity index (χ0n) is 17.9. The number of hydrogen-bond acceptors (Lipinski definition) is 2. The molecule has 0 saturated carbocycles. The smallest absolute Gasteiger partial charge is 0.192 e. The number of benzene rings is 1. The summed E-state index contributed by atoms with van der Waals surface area (Å²) >= 11 is 2.07. The third-order valence-corrected chi connectivity index (χ3v) is 9.98. The number of hydrogen-bond donors (Lipinski definition) is 1. The highest BCUT2D eigenvalue weighted by Crippen LogP contribution is 2.37. The average Bonchev–Trinajstić information content (AvgIpc) is 2.64. The first-order chi connectivity index (χ1) is 13.2. The maximum Gasteiger partial charge on any atom is 0.192 e. The van der Waals surface area contributed by atoms with Crippen LogP contribution in [0.2, 0.25) is 18.1 Å². The Morgan fingerprint density at radius 3 is 2.39 bits per heavy atom. The molecule has 28 heavy (non-hydrogen) atoms. The summed E-state index contributed by atoms with van der Waals surface area (Å²) in [6.45, 7) is 11.8. The molecule has 0 unspecified atom stereocenters. The van der Waals surface area contributed by atoms with Gasteiger partial charge in [-0.05, 0) is 52.1 Å². The molecule has 0 aliphatic heterocycles. The van der Waals surface area contributed by atoms with E-state index in [-0.39, 0.29) is 11.6 Å². The number of aliphatic hydroxyl groups is 1. The van der Waals surface area contributed by atoms with Crippen LogP contribution >= 0.6 is 22.6 Å². The van der Waals surface area contributed by atoms with E-state index in [1.807, 2.05) is 18.2 Å². The summed E-state index contributed by atoms with van der Waals surface area (Å²) in [4.78, 5) is 0. The molecule has 0 heterocycles. The van der Waals surface area contributed by atoms with Crippen LogP contribution in [0.25, 0.3) is 6.08 Å². The van der Waals surface area contributed by atoms with Crippen LogP contribution in [0.4, 0.5) is 0 Å². The fourth-order valence-electron chi connectivity index (χ4n) is 2.24. The van der Waals surface area contributed by atoms with Crippen molar-refractivity contribution < 1.29 is 9.53 Å². The fraction of sp³-hybridized carbons (Fsp3) is 0.500. The molecular weight excluding hydrogens is 475 g/mol. The first-order valence-corrected chi connectivity index (χ1v) is 13.8. The molecular formula is C24H33IO2Si. The largest absolute Gasteiger partial charge is 0.413 e. The highest BCUT2D eigenvalue weighted by atomic mass is 127. The van der Waals surface area contributed by atoms with Crippen molar-refractivity contribution in [2.24, 2.45) is 0 Å². The van der Waals surface area contributed by atoms with E-state index in [4.69, 9.17) is 4.43 Å². The fourth-order valence-corrected chi connectivity index (χ4v) is 3.46. The molecule has 0 atom stereocenters. The van der Waals surface area contributed by atoms with Gasteiger partial charge in [0.2, 0.25) is 0 Å². The number of aliphatic hydroxyl groups excluding tert-OH is 1. The summed E-state index contributed by atoms with van der Waals surface area (Å²) in [5.41, 5.74) is 2.95. The van der Waals surface area contributed by atoms with Gasteiger partial charge in [-0.15, -0.1) is 0 Å². The van der Waals surface area contributed by atoms with Gasteiger partial charge in [0.15, 0.2) is 8.32 Å². The van der Waals surface area contributed by atoms with Crippen LogP contribution in [0.1, 0.15) is 57.6 Å². The van der Waals surface area contributed by atoms with E-state index >= 15 is 0 Å². The van der Waals surface area contributed by atoms with E-state index in [2.05, 4.69) is 90.3 Å². The highest BCUT2D eigenvalue weighted by Gasteiger charge is 2.37. The minimum absolute atomic E-state index is 0.0509. The monoisotopic (exact) mass is 508 g/mol. The molecule has 1 aromatic carbocycles. The molecule has 0 radical (unpaired) electrons. The molecule has 1 aromatic rings. The van der Waals surface area contributed by atoms with Crippen LogP contribution in [-0.4, -0.2) is 20.0 Å². The summed E-state index contributed by atoms with van der Waals surface area (Å²) in [6, 6.07) is 8.20. The number of rotatable bonds is 8. The summed E-state index contributed by atoms with van der Waals surface area (Å²) < 4.78 is 9.26. The van der Waals surface area contributed by atoms with Crippen molar-refractivity contribution >= 4 is 37.0 Å². The van der Waals surface area contributed by atoms with Gasteiger partial charge in [0.25, 0.3) is 0 Å². The number of halogens is 1. The zero-order chi connectivity index (χ0) is 21.0. The quantitative estimate of drug-likeness (QED) is 0.187. The van der Waals surface area contributed by atoms with Crippen molar-refractivity contribution in [2.75, 3.05) is 6.61 Å². The van der Waals surface area contributed by atoms with Gasteiger partial charge in [0, 0.05) is 41.0 Å². The summed E-state index contributed by atoms with van der Waals surface area (Å²) in [5.74, 6) is 9.36. The Hall–Kier alpha value is -1.05. The summed E-state index contributed by atoms with van der Waals surface area (Å²) in [7, 11) is -1.81. The number of unbranched alkanes of at least 4 members (excludes halogenated alkanes) is 3. The van der Waals surface area contributed by atoms with Crippen molar-refractivity contribution in [3.8, 4) is 21.7 Å². The molecule has 0 amide bonds. The van der Waals surface area contributed by atoms with Gasteiger partial charge in [0.1, 0.15) is 0 Å². The van der Waals surface area contributed by atoms with Gasteiger partial charge in [-0.2, -0.15) is 0 Å². The van der Waals surface area contributed by atoms with Gasteiger partial charge < -0.3 is 9.53 Å². The van der Waals surface area contributed by atoms with Crippen LogP contribution in [0.15, 0.2) is 29.8 Å². The van der Waals surface area contributed by atoms with E-state index in [0.29, 0.717) is 6.61 Å². The van der Waals surface area contributed by atoms with Crippen LogP contribution in [0.3, 0.4) is 0 Å². The minimum atomic E-state index is -1.81. The second-order valence-electron chi connectivity index (χ2n) is 8.36. The topological polar surface area (TPSA) is 29.5 Å². The normalized spacial score (nSPS) is 12.0. The molecule has 0 saturated heterocycles. The molecule has 1 rings (SSSR count). The molecule has 152 valence electrons. The minimum Gasteiger partial charge on any atom is -0.413 e. The molecule has 1 N–H and O–H groups in total. The molecule has 0 spiro atoms. The second-order valence-corrected chi connectivity index (χ2v) is 13.7. The third-order valence-electron chi connectivity index (χ3n) is 5.12. The van der Waals surface area contributed by atoms with Crippen molar-refractivity contribution in [1.82, 2.24) is 0 Å². The Kier molecular flexibility index (Phi) is 11.2. The van der Waals surface area contributed by atoms with Crippen molar-refractivity contribution in [3.05, 3.63) is 41.0 Å². The molecule has 0 bridgehead atoms. The van der Waals surface area contributed by atoms with E-state index in [1.54, 1.807) is 0 Å². The Balaban J connectivity index is 2.82. The van der Waals surface area contributed by atoms with E-state index < -0.39 is 8.32 Å². The van der Waals surface area contributed by atoms with Crippen LogP contribution in [0.5, 0.6) is 0 Å². The van der Waals surface area contributed by atoms with E-state index in [9.17, 15) is 5.11 Å². The van der Waals surface area contributed by atoms with Crippen LogP contribution in [0, 0.1) is 21.7 Å². The first-order valence-electron chi connectivity index (χ1n) is 9.82. The maximum atomic E-state index is 9.70. The predicted molar refractivity (Wildman–Crippen MR) is 132 cm³/mol. The lowest BCUT2D eigenvalue weighted by Crippen LogP contribution is -2.40. The van der Waals surface area contributed by atoms with Gasteiger partial charge in [-0.3, -0.25) is 0 Å². The van der Waals surface area contributed by atoms with Crippen molar-refractivity contribution in [3.63, 3.8) is 0 Å². The van der Waals surface area contributed by atoms with Gasteiger partial charge in [-0.1, -0.05) is 62.8 Å². The van der Waals surface area contributed by atoms with Crippen LogP contribution in [-0.2, 0) is 11.0 Å². The molecule has 0 aromatic heterocycles. The third kappa shape index (κ3) is 8.96. The standard InChI is InChI=1S/C24H33IO2Si/c1-24(2,3)28(4,5)27-20-23-16-12-11-15-22(23)18-21(19-26)14-10-8-6-7-9-13-17-25/h11-12,15-16,18,26H,6-9,19-20H2,1-5H3/b21-18-. The SMILES string of the molecule is CC(C)(C)[Si](C)(C)OCc1ccccc1/C=C(/C#CCCCCC#CI)CO. The van der Waals surface area contributed by atoms with E-state index in [1.165, 1.54) is 0 Å². The Labute approximate surface area is 186 Å². The summed E-state index contributed by atoms with van der Waals surface area (Å²) in [6.07, 6.45) is 5.84. The van der Waals surface area contributed by atoms with Gasteiger partial charge >= 0.3 is 0 Å². The van der Waals surface area contributed by atoms with Crippen LogP contribution < -0.4 is 0 Å². The maximum absolute atomic E-state index is 9.70. The molecule has 0 aliphatic rings. The lowest BCUT2D eigenvalue weighted by Gasteiger charge is -2.36. The Morgan fingerprint density at radius 1 is 1.14 bits per heavy atom. The van der Waals surface area contributed by atoms with Gasteiger partial charge in [-0.25, -0.2) is 0 Å². The zero-order valence-corrected chi connectivity index (χ0v) is 21.0. The lowest BCUT2D eigenvalue weighted by atomic mass is 10.1. The first kappa shape index (κ1) is 25.0. The lowest BCUT2D eigenvalue weighted by molar-refractivity contribution is 0.276. The molecule has 0 fully saturated rings. The molecule has 4 heteroatoms. The van der Waals surface area contributed by atoms with Gasteiger partial charge in [0.05, 0.1) is 13.2 Å².